The van der Waals surface area contributed by atoms with E-state index in [4.69, 9.17) is 0 Å². The highest BCUT2D eigenvalue weighted by Gasteiger charge is 1.99. The van der Waals surface area contributed by atoms with E-state index >= 15 is 0 Å². The lowest BCUT2D eigenvalue weighted by Crippen LogP contribution is -2.11. The van der Waals surface area contributed by atoms with Crippen LogP contribution in [0, 0.1) is 0 Å². The van der Waals surface area contributed by atoms with E-state index in [1.54, 1.807) is 6.20 Å². The largest absolute Gasteiger partial charge is 0.313 e. The Hall–Kier alpha value is -1.61. The average Bonchev–Trinajstić information content (AvgIpc) is 2.80. The zero-order valence-corrected chi connectivity index (χ0v) is 8.83. The van der Waals surface area contributed by atoms with Gasteiger partial charge in [-0.15, -0.1) is 0 Å². The number of H-pyrrole nitrogens is 1. The summed E-state index contributed by atoms with van der Waals surface area (Å²) in [4.78, 5) is 0. The van der Waals surface area contributed by atoms with Crippen molar-refractivity contribution < 1.29 is 0 Å². The predicted octanol–water partition coefficient (Wildman–Crippen LogP) is 2.19. The summed E-state index contributed by atoms with van der Waals surface area (Å²) in [7, 11) is 0. The van der Waals surface area contributed by atoms with Gasteiger partial charge in [0.15, 0.2) is 0 Å². The van der Waals surface area contributed by atoms with Gasteiger partial charge in [-0.1, -0.05) is 25.1 Å². The molecule has 1 heterocycles. The summed E-state index contributed by atoms with van der Waals surface area (Å²) in [6.07, 6.45) is 1.77. The molecule has 3 heteroatoms. The minimum atomic E-state index is 0.915. The summed E-state index contributed by atoms with van der Waals surface area (Å²) in [5.74, 6) is 0. The van der Waals surface area contributed by atoms with Crippen molar-refractivity contribution in [1.29, 1.82) is 0 Å². The molecule has 0 unspecified atom stereocenters. The number of aromatic nitrogens is 2. The molecule has 2 N–H and O–H groups in total. The van der Waals surface area contributed by atoms with E-state index in [0.29, 0.717) is 0 Å². The third kappa shape index (κ3) is 2.44. The van der Waals surface area contributed by atoms with Gasteiger partial charge in [0.25, 0.3) is 0 Å². The Bertz CT molecular complexity index is 407. The molecule has 0 aliphatic heterocycles. The first-order chi connectivity index (χ1) is 7.40. The number of benzene rings is 1. The first-order valence-electron chi connectivity index (χ1n) is 5.19. The van der Waals surface area contributed by atoms with E-state index in [1.807, 2.05) is 6.07 Å². The van der Waals surface area contributed by atoms with Crippen LogP contribution in [0.15, 0.2) is 36.5 Å². The Morgan fingerprint density at radius 2 is 2.27 bits per heavy atom. The Labute approximate surface area is 89.5 Å². The number of rotatable bonds is 4. The van der Waals surface area contributed by atoms with Gasteiger partial charge in [-0.05, 0) is 29.8 Å². The first-order valence-corrected chi connectivity index (χ1v) is 5.19. The zero-order valence-electron chi connectivity index (χ0n) is 8.83. The molecule has 0 saturated carbocycles. The summed E-state index contributed by atoms with van der Waals surface area (Å²) < 4.78 is 0. The molecule has 0 fully saturated rings. The van der Waals surface area contributed by atoms with Crippen molar-refractivity contribution in [1.82, 2.24) is 15.5 Å². The molecule has 2 rings (SSSR count). The molecule has 2 aromatic rings. The smallest absolute Gasteiger partial charge is 0.0650 e. The molecule has 15 heavy (non-hydrogen) atoms. The Balaban J connectivity index is 2.19. The molecule has 0 aliphatic carbocycles. The fraction of sp³-hybridized carbons (Fsp3) is 0.250. The van der Waals surface area contributed by atoms with E-state index in [2.05, 4.69) is 46.7 Å². The average molecular weight is 201 g/mol. The molecule has 1 aromatic carbocycles. The summed E-state index contributed by atoms with van der Waals surface area (Å²) in [6, 6.07) is 10.4. The van der Waals surface area contributed by atoms with E-state index in [-0.39, 0.29) is 0 Å². The van der Waals surface area contributed by atoms with Crippen molar-refractivity contribution in [3.63, 3.8) is 0 Å². The van der Waals surface area contributed by atoms with Crippen LogP contribution in [-0.2, 0) is 6.54 Å². The Morgan fingerprint density at radius 1 is 1.33 bits per heavy atom. The second-order valence-corrected chi connectivity index (χ2v) is 3.45. The summed E-state index contributed by atoms with van der Waals surface area (Å²) in [5, 5.41) is 10.2. The van der Waals surface area contributed by atoms with Gasteiger partial charge < -0.3 is 5.32 Å². The number of aromatic amines is 1. The van der Waals surface area contributed by atoms with Crippen LogP contribution in [0.1, 0.15) is 12.5 Å². The van der Waals surface area contributed by atoms with Crippen molar-refractivity contribution in [2.45, 2.75) is 13.5 Å². The lowest BCUT2D eigenvalue weighted by Gasteiger charge is -2.04. The van der Waals surface area contributed by atoms with Crippen molar-refractivity contribution in [2.75, 3.05) is 6.54 Å². The second-order valence-electron chi connectivity index (χ2n) is 3.45. The second kappa shape index (κ2) is 4.75. The van der Waals surface area contributed by atoms with Crippen LogP contribution in [0.3, 0.4) is 0 Å². The van der Waals surface area contributed by atoms with E-state index < -0.39 is 0 Å². The predicted molar refractivity (Wildman–Crippen MR) is 61.4 cm³/mol. The van der Waals surface area contributed by atoms with Gasteiger partial charge in [0.2, 0.25) is 0 Å². The fourth-order valence-electron chi connectivity index (χ4n) is 1.53. The number of hydrogen-bond acceptors (Lipinski definition) is 2. The van der Waals surface area contributed by atoms with Crippen LogP contribution in [-0.4, -0.2) is 16.7 Å². The van der Waals surface area contributed by atoms with Gasteiger partial charge in [0.05, 0.1) is 5.69 Å². The van der Waals surface area contributed by atoms with Gasteiger partial charge in [0, 0.05) is 12.7 Å². The number of nitrogens with zero attached hydrogens (tertiary/aromatic N) is 1. The monoisotopic (exact) mass is 201 g/mol. The van der Waals surface area contributed by atoms with Crippen LogP contribution in [0.2, 0.25) is 0 Å². The normalized spacial score (nSPS) is 10.5. The third-order valence-corrected chi connectivity index (χ3v) is 2.32. The molecular formula is C12H15N3. The lowest BCUT2D eigenvalue weighted by molar-refractivity contribution is 0.727. The van der Waals surface area contributed by atoms with Crippen LogP contribution >= 0.6 is 0 Å². The van der Waals surface area contributed by atoms with Gasteiger partial charge in [0.1, 0.15) is 0 Å². The summed E-state index contributed by atoms with van der Waals surface area (Å²) >= 11 is 0. The molecule has 78 valence electrons. The van der Waals surface area contributed by atoms with Crippen LogP contribution in [0.4, 0.5) is 0 Å². The Kier molecular flexibility index (Phi) is 3.15. The SMILES string of the molecule is CCNCc1cccc(-c2ccn[nH]2)c1. The Morgan fingerprint density at radius 3 is 3.00 bits per heavy atom. The summed E-state index contributed by atoms with van der Waals surface area (Å²) in [5.41, 5.74) is 3.54. The highest BCUT2D eigenvalue weighted by Crippen LogP contribution is 2.17. The van der Waals surface area contributed by atoms with E-state index in [1.165, 1.54) is 11.1 Å². The third-order valence-electron chi connectivity index (χ3n) is 2.32. The minimum Gasteiger partial charge on any atom is -0.313 e. The van der Waals surface area contributed by atoms with Gasteiger partial charge in [-0.2, -0.15) is 5.10 Å². The number of nitrogens with one attached hydrogen (secondary N) is 2. The molecule has 0 amide bonds. The number of hydrogen-bond donors (Lipinski definition) is 2. The van der Waals surface area contributed by atoms with E-state index in [9.17, 15) is 0 Å². The van der Waals surface area contributed by atoms with Gasteiger partial charge >= 0.3 is 0 Å². The fourth-order valence-corrected chi connectivity index (χ4v) is 1.53. The quantitative estimate of drug-likeness (QED) is 0.796. The standard InChI is InChI=1S/C12H15N3/c1-2-13-9-10-4-3-5-11(8-10)12-6-7-14-15-12/h3-8,13H,2,9H2,1H3,(H,14,15). The maximum Gasteiger partial charge on any atom is 0.0650 e. The highest BCUT2D eigenvalue weighted by molar-refractivity contribution is 5.59. The molecular weight excluding hydrogens is 186 g/mol. The lowest BCUT2D eigenvalue weighted by atomic mass is 10.1. The maximum absolute atomic E-state index is 3.95. The first kappa shape index (κ1) is 9.93. The molecule has 1 aromatic heterocycles. The van der Waals surface area contributed by atoms with Gasteiger partial charge in [-0.25, -0.2) is 0 Å². The molecule has 0 atom stereocenters. The van der Waals surface area contributed by atoms with Crippen molar-refractivity contribution in [2.24, 2.45) is 0 Å². The van der Waals surface area contributed by atoms with Crippen LogP contribution in [0.5, 0.6) is 0 Å². The van der Waals surface area contributed by atoms with Crippen molar-refractivity contribution in [3.8, 4) is 11.3 Å². The van der Waals surface area contributed by atoms with Crippen LogP contribution < -0.4 is 5.32 Å². The molecule has 0 spiro atoms. The molecule has 0 radical (unpaired) electrons. The topological polar surface area (TPSA) is 40.7 Å². The summed E-state index contributed by atoms with van der Waals surface area (Å²) in [6.45, 7) is 4.02. The zero-order chi connectivity index (χ0) is 10.5. The van der Waals surface area contributed by atoms with E-state index in [0.717, 1.165) is 18.8 Å². The van der Waals surface area contributed by atoms with Crippen molar-refractivity contribution >= 4 is 0 Å². The molecule has 0 aliphatic rings. The molecule has 0 bridgehead atoms. The minimum absolute atomic E-state index is 0.915. The van der Waals surface area contributed by atoms with Crippen LogP contribution in [0.25, 0.3) is 11.3 Å². The van der Waals surface area contributed by atoms with Crippen molar-refractivity contribution in [3.05, 3.63) is 42.1 Å². The molecule has 0 saturated heterocycles. The maximum atomic E-state index is 3.95. The molecule has 3 nitrogen and oxygen atoms in total. The van der Waals surface area contributed by atoms with Gasteiger partial charge in [-0.3, -0.25) is 5.10 Å². The highest BCUT2D eigenvalue weighted by atomic mass is 15.1.